The number of benzene rings is 2. The summed E-state index contributed by atoms with van der Waals surface area (Å²) >= 11 is 0. The highest BCUT2D eigenvalue weighted by atomic mass is 16.5. The number of hydrogen-bond acceptors (Lipinski definition) is 5. The van der Waals surface area contributed by atoms with E-state index in [0.717, 1.165) is 24.8 Å². The Morgan fingerprint density at radius 3 is 2.57 bits per heavy atom. The fourth-order valence-electron chi connectivity index (χ4n) is 3.57. The molecule has 30 heavy (non-hydrogen) atoms. The first-order valence-electron chi connectivity index (χ1n) is 10.2. The van der Waals surface area contributed by atoms with Crippen LogP contribution in [0.25, 0.3) is 0 Å². The maximum atomic E-state index is 12.4. The van der Waals surface area contributed by atoms with Gasteiger partial charge in [-0.1, -0.05) is 18.2 Å². The molecule has 2 aromatic rings. The summed E-state index contributed by atoms with van der Waals surface area (Å²) < 4.78 is 10.4. The second-order valence-electron chi connectivity index (χ2n) is 7.59. The summed E-state index contributed by atoms with van der Waals surface area (Å²) in [4.78, 5) is 36.9. The molecule has 158 valence electrons. The minimum absolute atomic E-state index is 0.0532. The minimum atomic E-state index is -0.988. The van der Waals surface area contributed by atoms with Gasteiger partial charge >= 0.3 is 5.97 Å². The molecule has 0 fully saturated rings. The number of aryl methyl sites for hydroxylation is 3. The van der Waals surface area contributed by atoms with E-state index in [1.165, 1.54) is 25.2 Å². The number of methoxy groups -OCH3 is 1. The summed E-state index contributed by atoms with van der Waals surface area (Å²) in [5.41, 5.74) is 4.62. The molecule has 0 saturated carbocycles. The largest absolute Gasteiger partial charge is 0.495 e. The lowest BCUT2D eigenvalue weighted by atomic mass is 10.0. The van der Waals surface area contributed by atoms with Gasteiger partial charge < -0.3 is 14.8 Å². The Hall–Kier alpha value is -3.15. The molecule has 1 N–H and O–H groups in total. The second-order valence-corrected chi connectivity index (χ2v) is 7.59. The summed E-state index contributed by atoms with van der Waals surface area (Å²) in [6.45, 7) is 3.40. The first kappa shape index (κ1) is 21.6. The summed E-state index contributed by atoms with van der Waals surface area (Å²) in [5.74, 6) is -0.615. The molecule has 0 aromatic heterocycles. The predicted octanol–water partition coefficient (Wildman–Crippen LogP) is 4.03. The Morgan fingerprint density at radius 2 is 1.80 bits per heavy atom. The van der Waals surface area contributed by atoms with Crippen LogP contribution in [0.4, 0.5) is 5.69 Å². The lowest BCUT2D eigenvalue weighted by Gasteiger charge is -2.15. The highest BCUT2D eigenvalue weighted by molar-refractivity contribution is 5.99. The summed E-state index contributed by atoms with van der Waals surface area (Å²) in [5, 5.41) is 2.71. The van der Waals surface area contributed by atoms with Gasteiger partial charge in [-0.2, -0.15) is 0 Å². The van der Waals surface area contributed by atoms with Crippen molar-refractivity contribution >= 4 is 23.3 Å². The summed E-state index contributed by atoms with van der Waals surface area (Å²) in [6, 6.07) is 11.2. The van der Waals surface area contributed by atoms with E-state index in [4.69, 9.17) is 9.47 Å². The van der Waals surface area contributed by atoms with Crippen LogP contribution in [0.1, 0.15) is 53.2 Å². The molecule has 0 aliphatic heterocycles. The van der Waals surface area contributed by atoms with E-state index in [9.17, 15) is 14.4 Å². The SMILES string of the molecule is COc1ccc(C)cc1NC(=O)[C@@H](C)OC(=O)CCC(=O)c1ccc2c(c1)CCC2. The van der Waals surface area contributed by atoms with Crippen LogP contribution in [0, 0.1) is 6.92 Å². The third-order valence-electron chi connectivity index (χ3n) is 5.27. The number of nitrogens with one attached hydrogen (secondary N) is 1. The van der Waals surface area contributed by atoms with Gasteiger partial charge in [0, 0.05) is 12.0 Å². The Bertz CT molecular complexity index is 966. The zero-order valence-corrected chi connectivity index (χ0v) is 17.6. The number of amides is 1. The molecule has 0 heterocycles. The van der Waals surface area contributed by atoms with E-state index >= 15 is 0 Å². The molecule has 6 nitrogen and oxygen atoms in total. The van der Waals surface area contributed by atoms with Gasteiger partial charge in [0.2, 0.25) is 0 Å². The molecular formula is C24H27NO5. The molecule has 2 aromatic carbocycles. The van der Waals surface area contributed by atoms with Gasteiger partial charge in [0.1, 0.15) is 5.75 Å². The molecule has 1 atom stereocenters. The summed E-state index contributed by atoms with van der Waals surface area (Å²) in [6.07, 6.45) is 2.17. The fourth-order valence-corrected chi connectivity index (χ4v) is 3.57. The molecule has 1 amide bonds. The van der Waals surface area contributed by atoms with Crippen molar-refractivity contribution in [3.05, 3.63) is 58.7 Å². The van der Waals surface area contributed by atoms with Gasteiger partial charge in [-0.25, -0.2) is 0 Å². The lowest BCUT2D eigenvalue weighted by molar-refractivity contribution is -0.153. The first-order valence-corrected chi connectivity index (χ1v) is 10.2. The molecule has 1 aliphatic rings. The van der Waals surface area contributed by atoms with Crippen LogP contribution < -0.4 is 10.1 Å². The van der Waals surface area contributed by atoms with Gasteiger partial charge in [-0.3, -0.25) is 14.4 Å². The van der Waals surface area contributed by atoms with E-state index in [-0.39, 0.29) is 18.6 Å². The van der Waals surface area contributed by atoms with Crippen molar-refractivity contribution in [1.29, 1.82) is 0 Å². The number of Topliss-reactive ketones (excluding diaryl/α,β-unsaturated/α-hetero) is 1. The number of hydrogen-bond donors (Lipinski definition) is 1. The molecule has 0 unspecified atom stereocenters. The van der Waals surface area contributed by atoms with Crippen LogP contribution in [0.3, 0.4) is 0 Å². The Kier molecular flexibility index (Phi) is 6.87. The van der Waals surface area contributed by atoms with Gasteiger partial charge in [0.05, 0.1) is 19.2 Å². The quantitative estimate of drug-likeness (QED) is 0.526. The Labute approximate surface area is 176 Å². The van der Waals surface area contributed by atoms with E-state index in [1.54, 1.807) is 12.1 Å². The number of rotatable bonds is 8. The molecule has 0 spiro atoms. The lowest BCUT2D eigenvalue weighted by Crippen LogP contribution is -2.30. The number of esters is 1. The first-order chi connectivity index (χ1) is 14.4. The van der Waals surface area contributed by atoms with Gasteiger partial charge in [0.25, 0.3) is 5.91 Å². The number of carbonyl (C=O) groups excluding carboxylic acids is 3. The molecular weight excluding hydrogens is 382 g/mol. The summed E-state index contributed by atoms with van der Waals surface area (Å²) in [7, 11) is 1.52. The van der Waals surface area contributed by atoms with E-state index in [0.29, 0.717) is 17.0 Å². The number of ketones is 1. The van der Waals surface area contributed by atoms with Crippen molar-refractivity contribution in [1.82, 2.24) is 0 Å². The van der Waals surface area contributed by atoms with Gasteiger partial charge in [0.15, 0.2) is 11.9 Å². The highest BCUT2D eigenvalue weighted by Gasteiger charge is 2.20. The number of ether oxygens (including phenoxy) is 2. The normalized spacial score (nSPS) is 13.3. The average molecular weight is 409 g/mol. The number of fused-ring (bicyclic) bond motifs is 1. The third-order valence-corrected chi connectivity index (χ3v) is 5.27. The van der Waals surface area contributed by atoms with Crippen molar-refractivity contribution < 1.29 is 23.9 Å². The fraction of sp³-hybridized carbons (Fsp3) is 0.375. The second kappa shape index (κ2) is 9.57. The molecule has 0 radical (unpaired) electrons. The van der Waals surface area contributed by atoms with Crippen LogP contribution in [0.2, 0.25) is 0 Å². The maximum absolute atomic E-state index is 12.4. The Balaban J connectivity index is 1.50. The molecule has 1 aliphatic carbocycles. The predicted molar refractivity (Wildman–Crippen MR) is 114 cm³/mol. The monoisotopic (exact) mass is 409 g/mol. The smallest absolute Gasteiger partial charge is 0.307 e. The topological polar surface area (TPSA) is 81.7 Å². The van der Waals surface area contributed by atoms with Crippen molar-refractivity contribution in [2.24, 2.45) is 0 Å². The zero-order valence-electron chi connectivity index (χ0n) is 17.6. The number of anilines is 1. The van der Waals surface area contributed by atoms with Crippen LogP contribution >= 0.6 is 0 Å². The molecule has 3 rings (SSSR count). The van der Waals surface area contributed by atoms with Gasteiger partial charge in [-0.15, -0.1) is 0 Å². The molecule has 0 bridgehead atoms. The third kappa shape index (κ3) is 5.26. The highest BCUT2D eigenvalue weighted by Crippen LogP contribution is 2.26. The van der Waals surface area contributed by atoms with Crippen molar-refractivity contribution in [3.63, 3.8) is 0 Å². The molecule has 0 saturated heterocycles. The van der Waals surface area contributed by atoms with Crippen molar-refractivity contribution in [2.45, 2.75) is 52.1 Å². The minimum Gasteiger partial charge on any atom is -0.495 e. The zero-order chi connectivity index (χ0) is 21.7. The standard InChI is InChI=1S/C24H27NO5/c1-15-7-11-22(29-3)20(13-15)25-24(28)16(2)30-23(27)12-10-21(26)19-9-8-17-5-4-6-18(17)14-19/h7-9,11,13-14,16H,4-6,10,12H2,1-3H3,(H,25,28)/t16-/m1/s1. The van der Waals surface area contributed by atoms with Crippen molar-refractivity contribution in [3.8, 4) is 5.75 Å². The average Bonchev–Trinajstić information content (AvgIpc) is 3.20. The maximum Gasteiger partial charge on any atom is 0.307 e. The molecule has 6 heteroatoms. The van der Waals surface area contributed by atoms with E-state index in [1.807, 2.05) is 31.2 Å². The van der Waals surface area contributed by atoms with Crippen LogP contribution in [-0.4, -0.2) is 30.9 Å². The van der Waals surface area contributed by atoms with Crippen molar-refractivity contribution in [2.75, 3.05) is 12.4 Å². The van der Waals surface area contributed by atoms with E-state index in [2.05, 4.69) is 5.32 Å². The Morgan fingerprint density at radius 1 is 1.03 bits per heavy atom. The number of carbonyl (C=O) groups is 3. The van der Waals surface area contributed by atoms with Crippen LogP contribution in [-0.2, 0) is 27.2 Å². The van der Waals surface area contributed by atoms with Crippen LogP contribution in [0.15, 0.2) is 36.4 Å². The van der Waals surface area contributed by atoms with Crippen LogP contribution in [0.5, 0.6) is 5.75 Å². The van der Waals surface area contributed by atoms with E-state index < -0.39 is 18.0 Å². The van der Waals surface area contributed by atoms with Gasteiger partial charge in [-0.05, 0) is 68.0 Å².